The highest BCUT2D eigenvalue weighted by Crippen LogP contribution is 2.34. The van der Waals surface area contributed by atoms with Crippen LogP contribution in [0, 0.1) is 0 Å². The van der Waals surface area contributed by atoms with Gasteiger partial charge in [0.2, 0.25) is 5.88 Å². The zero-order valence-corrected chi connectivity index (χ0v) is 19.6. The smallest absolute Gasteiger partial charge is 0.316 e. The summed E-state index contributed by atoms with van der Waals surface area (Å²) in [6.07, 6.45) is -3.61. The third-order valence-corrected chi connectivity index (χ3v) is 4.77. The summed E-state index contributed by atoms with van der Waals surface area (Å²) in [6, 6.07) is -2.91. The molecule has 3 rings (SSSR count). The van der Waals surface area contributed by atoms with Gasteiger partial charge in [-0.25, -0.2) is 19.9 Å². The zero-order chi connectivity index (χ0) is 34.3. The van der Waals surface area contributed by atoms with Crippen LogP contribution < -0.4 is 18.9 Å². The Labute approximate surface area is 220 Å². The summed E-state index contributed by atoms with van der Waals surface area (Å²) in [5.74, 6) is -1.30. The minimum absolute atomic E-state index is 0.0261. The summed E-state index contributed by atoms with van der Waals surface area (Å²) in [5, 5.41) is 0. The first-order valence-electron chi connectivity index (χ1n) is 14.7. The highest BCUT2D eigenvalue weighted by Gasteiger charge is 2.19. The summed E-state index contributed by atoms with van der Waals surface area (Å²) < 4.78 is 141. The molecule has 0 spiro atoms. The van der Waals surface area contributed by atoms with E-state index in [1.807, 2.05) is 0 Å². The Hall–Kier alpha value is -2.35. The molecule has 0 radical (unpaired) electrons. The first-order chi connectivity index (χ1) is 20.5. The van der Waals surface area contributed by atoms with E-state index in [-0.39, 0.29) is 33.9 Å². The van der Waals surface area contributed by atoms with Crippen LogP contribution in [0.5, 0.6) is 11.9 Å². The van der Waals surface area contributed by atoms with Gasteiger partial charge in [-0.1, -0.05) is 34.9 Å². The molecule has 2 N–H and O–H groups in total. The number of nitrogens with zero attached hydrogens (tertiary/aromatic N) is 4. The van der Waals surface area contributed by atoms with Crippen LogP contribution in [0.15, 0.2) is 51.8 Å². The van der Waals surface area contributed by atoms with E-state index in [2.05, 4.69) is 51.8 Å². The van der Waals surface area contributed by atoms with E-state index in [0.29, 0.717) is 0 Å². The second-order valence-corrected chi connectivity index (χ2v) is 8.29. The molecule has 10 nitrogen and oxygen atoms in total. The molecule has 0 aliphatic carbocycles. The van der Waals surface area contributed by atoms with Gasteiger partial charge in [0.25, 0.3) is 10.2 Å². The molecule has 2 heterocycles. The van der Waals surface area contributed by atoms with Crippen molar-refractivity contribution >= 4 is 47.9 Å². The highest BCUT2D eigenvalue weighted by atomic mass is 79.9. The molecule has 0 aliphatic rings. The van der Waals surface area contributed by atoms with Crippen LogP contribution in [0.1, 0.15) is 31.0 Å². The molecule has 1 aromatic carbocycles. The quantitative estimate of drug-likeness (QED) is 0.320. The van der Waals surface area contributed by atoms with Gasteiger partial charge in [-0.2, -0.15) is 13.1 Å². The van der Waals surface area contributed by atoms with Crippen molar-refractivity contribution in [2.75, 3.05) is 24.4 Å². The van der Waals surface area contributed by atoms with Gasteiger partial charge in [0.1, 0.15) is 19.5 Å². The molecule has 170 valence electrons. The third kappa shape index (κ3) is 7.08. The van der Waals surface area contributed by atoms with Crippen molar-refractivity contribution in [1.82, 2.24) is 24.7 Å². The van der Waals surface area contributed by atoms with Crippen LogP contribution in [0.25, 0.3) is 11.1 Å². The van der Waals surface area contributed by atoms with E-state index in [4.69, 9.17) is 27.3 Å². The van der Waals surface area contributed by atoms with Crippen LogP contribution in [-0.4, -0.2) is 48.1 Å². The molecule has 0 bridgehead atoms. The van der Waals surface area contributed by atoms with Gasteiger partial charge < -0.3 is 9.47 Å². The van der Waals surface area contributed by atoms with Crippen LogP contribution >= 0.6 is 31.9 Å². The second-order valence-electron chi connectivity index (χ2n) is 5.29. The number of anilines is 1. The molecular weight excluding hydrogens is 568 g/mol. The predicted octanol–water partition coefficient (Wildman–Crippen LogP) is 3.57. The molecule has 13 heteroatoms. The zero-order valence-electron chi connectivity index (χ0n) is 28.6. The van der Waals surface area contributed by atoms with E-state index in [0.717, 1.165) is 6.33 Å². The van der Waals surface area contributed by atoms with Crippen LogP contribution in [0.3, 0.4) is 0 Å². The Kier molecular flexibility index (Phi) is 4.39. The fourth-order valence-electron chi connectivity index (χ4n) is 2.03. The molecule has 2 aromatic heterocycles. The molecule has 0 saturated carbocycles. The Bertz CT molecular complexity index is 1680. The van der Waals surface area contributed by atoms with Gasteiger partial charge >= 0.3 is 6.01 Å². The minimum atomic E-state index is -5.23. The fourth-order valence-corrected chi connectivity index (χ4v) is 3.05. The Morgan fingerprint density at radius 2 is 1.78 bits per heavy atom. The van der Waals surface area contributed by atoms with Gasteiger partial charge in [0.15, 0.2) is 5.82 Å². The van der Waals surface area contributed by atoms with Crippen molar-refractivity contribution in [2.45, 2.75) is 13.2 Å². The lowest BCUT2D eigenvalue weighted by atomic mass is 10.1. The first kappa shape index (κ1) is 12.2. The molecule has 0 atom stereocenters. The molecule has 0 unspecified atom stereocenters. The lowest BCUT2D eigenvalue weighted by Crippen LogP contribution is -2.31. The van der Waals surface area contributed by atoms with E-state index in [1.54, 1.807) is 4.72 Å². The summed E-state index contributed by atoms with van der Waals surface area (Å²) in [6.45, 7) is -8.05. The molecule has 3 aromatic rings. The molecule has 0 amide bonds. The van der Waals surface area contributed by atoms with E-state index >= 15 is 0 Å². The van der Waals surface area contributed by atoms with Gasteiger partial charge in [-0.05, 0) is 40.0 Å². The number of hydrogen-bond acceptors (Lipinski definition) is 8. The van der Waals surface area contributed by atoms with Gasteiger partial charge in [-0.15, -0.1) is 0 Å². The molecule has 0 aliphatic heterocycles. The average molecular weight is 601 g/mol. The van der Waals surface area contributed by atoms with Crippen molar-refractivity contribution in [1.29, 1.82) is 0 Å². The van der Waals surface area contributed by atoms with Crippen molar-refractivity contribution in [2.24, 2.45) is 0 Å². The lowest BCUT2D eigenvalue weighted by Gasteiger charge is -2.15. The monoisotopic (exact) mass is 599 g/mol. The van der Waals surface area contributed by atoms with Crippen LogP contribution in [-0.2, 0) is 10.2 Å². The summed E-state index contributed by atoms with van der Waals surface area (Å²) in [7, 11) is -5.23. The van der Waals surface area contributed by atoms with Crippen LogP contribution in [0.4, 0.5) is 5.82 Å². The number of hydrogen-bond donors (Lipinski definition) is 2. The van der Waals surface area contributed by atoms with E-state index < -0.39 is 83.5 Å². The Morgan fingerprint density at radius 3 is 2.50 bits per heavy atom. The number of halogens is 2. The van der Waals surface area contributed by atoms with Crippen molar-refractivity contribution in [3.05, 3.63) is 51.8 Å². The molecular formula is C19H20Br2N6O4S. The SMILES string of the molecule is [2H]c1nc(OCCOc2ncnc(NS(=O)(=O)NC([2H])([2H])C([2H])([2H])C([2H])([2H])[2H])c2-c2c([2H])c([2H])c(Br)c([2H])c2[2H])nc([2H])c1Br. The van der Waals surface area contributed by atoms with Gasteiger partial charge in [0.05, 0.1) is 18.3 Å². The summed E-state index contributed by atoms with van der Waals surface area (Å²) in [4.78, 5) is 15.1. The summed E-state index contributed by atoms with van der Waals surface area (Å²) in [5.41, 5.74) is -1.12. The van der Waals surface area contributed by atoms with Gasteiger partial charge in [-0.3, -0.25) is 4.72 Å². The highest BCUT2D eigenvalue weighted by molar-refractivity contribution is 9.10. The molecule has 0 saturated heterocycles. The van der Waals surface area contributed by atoms with Crippen molar-refractivity contribution in [3.63, 3.8) is 0 Å². The molecule has 32 heavy (non-hydrogen) atoms. The maximum Gasteiger partial charge on any atom is 0.316 e. The van der Waals surface area contributed by atoms with E-state index in [9.17, 15) is 8.42 Å². The topological polar surface area (TPSA) is 128 Å². The predicted molar refractivity (Wildman–Crippen MR) is 127 cm³/mol. The normalized spacial score (nSPS) is 18.4. The standard InChI is InChI=1S/C19H20Br2N6O4S/c1-2-7-26-32(28,29)27-17-16(13-3-5-14(20)6-4-13)18(25-12-24-17)30-8-9-31-19-22-10-15(21)11-23-19/h3-6,10-12,26H,2,7-9H2,1H3,(H,24,25,27)/i1D3,2D2,3D,4D,5D,6D,7D2,10D,11D. The summed E-state index contributed by atoms with van der Waals surface area (Å²) >= 11 is 5.92. The lowest BCUT2D eigenvalue weighted by molar-refractivity contribution is 0.202. The third-order valence-electron chi connectivity index (χ3n) is 3.19. The second kappa shape index (κ2) is 11.5. The van der Waals surface area contributed by atoms with Crippen LogP contribution in [0.2, 0.25) is 0 Å². The average Bonchev–Trinajstić information content (AvgIpc) is 2.91. The number of aromatic nitrogens is 4. The Balaban J connectivity index is 2.06. The maximum atomic E-state index is 13.0. The number of nitrogens with one attached hydrogen (secondary N) is 2. The van der Waals surface area contributed by atoms with E-state index in [1.165, 1.54) is 4.72 Å². The first-order valence-corrected chi connectivity index (χ1v) is 11.3. The fraction of sp³-hybridized carbons (Fsp3) is 0.263. The van der Waals surface area contributed by atoms with Crippen molar-refractivity contribution in [3.8, 4) is 23.0 Å². The molecule has 0 fully saturated rings. The maximum absolute atomic E-state index is 13.0. The number of rotatable bonds is 11. The minimum Gasteiger partial charge on any atom is -0.473 e. The largest absolute Gasteiger partial charge is 0.473 e. The van der Waals surface area contributed by atoms with Crippen molar-refractivity contribution < 1.29 is 35.7 Å². The number of ether oxygens (including phenoxy) is 2. The van der Waals surface area contributed by atoms with Gasteiger partial charge in [0, 0.05) is 32.9 Å². The Morgan fingerprint density at radius 1 is 1.06 bits per heavy atom. The number of benzene rings is 1.